The highest BCUT2D eigenvalue weighted by atomic mass is 32.2. The molecular formula is C4H5N3O3S. The first-order valence-electron chi connectivity index (χ1n) is 2.41. The zero-order valence-electron chi connectivity index (χ0n) is 5.43. The predicted molar refractivity (Wildman–Crippen MR) is 36.3 cm³/mol. The molecule has 0 atom stereocenters. The van der Waals surface area contributed by atoms with E-state index in [2.05, 4.69) is 9.69 Å². The molecule has 0 radical (unpaired) electrons. The van der Waals surface area contributed by atoms with Crippen molar-refractivity contribution in [1.29, 1.82) is 0 Å². The van der Waals surface area contributed by atoms with E-state index in [9.17, 15) is 8.42 Å². The van der Waals surface area contributed by atoms with E-state index in [1.807, 2.05) is 0 Å². The Kier molecular flexibility index (Phi) is 3.48. The quantitative estimate of drug-likeness (QED) is 0.479. The summed E-state index contributed by atoms with van der Waals surface area (Å²) in [5.41, 5.74) is 0. The average Bonchev–Trinajstić information content (AvgIpc) is 1.85. The molecule has 0 saturated heterocycles. The largest absolute Gasteiger partial charge is 0.347 e. The Morgan fingerprint density at radius 3 is 1.82 bits per heavy atom. The third kappa shape index (κ3) is 3.53. The summed E-state index contributed by atoms with van der Waals surface area (Å²) in [6.45, 7) is 11.5. The van der Waals surface area contributed by atoms with Crippen LogP contribution in [0.15, 0.2) is 0 Å². The van der Waals surface area contributed by atoms with Gasteiger partial charge < -0.3 is 0 Å². The summed E-state index contributed by atoms with van der Waals surface area (Å²) in [6.07, 6.45) is 0. The highest BCUT2D eigenvalue weighted by Gasteiger charge is 2.23. The van der Waals surface area contributed by atoms with Gasteiger partial charge in [0.05, 0.1) is 0 Å². The van der Waals surface area contributed by atoms with Gasteiger partial charge in [-0.2, -0.15) is 8.42 Å². The van der Waals surface area contributed by atoms with E-state index < -0.39 is 23.6 Å². The van der Waals surface area contributed by atoms with E-state index >= 15 is 0 Å². The Bertz CT molecular complexity index is 280. The molecule has 1 N–H and O–H groups in total. The van der Waals surface area contributed by atoms with E-state index in [-0.39, 0.29) is 0 Å². The molecule has 0 unspecified atom stereocenters. The molecule has 0 aromatic carbocycles. The van der Waals surface area contributed by atoms with Crippen molar-refractivity contribution >= 4 is 10.3 Å². The standard InChI is InChI=1S/C4H5N3O3S/c1-5-3-7(4-6-2)11(8,9)10/h3-4H2,(H,8,9,10). The molecule has 0 fully saturated rings. The van der Waals surface area contributed by atoms with Gasteiger partial charge in [0.25, 0.3) is 13.3 Å². The highest BCUT2D eigenvalue weighted by Crippen LogP contribution is 1.96. The number of hydrogen-bond donors (Lipinski definition) is 1. The van der Waals surface area contributed by atoms with Crippen LogP contribution in [0.2, 0.25) is 0 Å². The second-order valence-corrected chi connectivity index (χ2v) is 2.94. The Labute approximate surface area is 64.6 Å². The fraction of sp³-hybridized carbons (Fsp3) is 0.500. The lowest BCUT2D eigenvalue weighted by Gasteiger charge is -2.02. The third-order valence-corrected chi connectivity index (χ3v) is 1.67. The van der Waals surface area contributed by atoms with Gasteiger partial charge in [0, 0.05) is 0 Å². The summed E-state index contributed by atoms with van der Waals surface area (Å²) >= 11 is 0. The molecule has 0 bridgehead atoms. The minimum absolute atomic E-state index is 0.368. The molecule has 6 nitrogen and oxygen atoms in total. The lowest BCUT2D eigenvalue weighted by molar-refractivity contribution is 0.386. The van der Waals surface area contributed by atoms with Crippen molar-refractivity contribution < 1.29 is 13.0 Å². The average molecular weight is 175 g/mol. The van der Waals surface area contributed by atoms with Crippen molar-refractivity contribution in [3.63, 3.8) is 0 Å². The molecule has 0 spiro atoms. The van der Waals surface area contributed by atoms with Crippen LogP contribution < -0.4 is 0 Å². The highest BCUT2D eigenvalue weighted by molar-refractivity contribution is 7.83. The van der Waals surface area contributed by atoms with Gasteiger partial charge in [0.2, 0.25) is 0 Å². The van der Waals surface area contributed by atoms with Crippen LogP contribution in [0.25, 0.3) is 9.69 Å². The van der Waals surface area contributed by atoms with E-state index in [0.29, 0.717) is 4.31 Å². The molecule has 11 heavy (non-hydrogen) atoms. The van der Waals surface area contributed by atoms with Crippen LogP contribution in [-0.4, -0.2) is 30.6 Å². The smallest absolute Gasteiger partial charge is 0.298 e. The van der Waals surface area contributed by atoms with E-state index in [4.69, 9.17) is 17.7 Å². The molecule has 0 rings (SSSR count). The van der Waals surface area contributed by atoms with Gasteiger partial charge in [-0.05, 0) is 4.31 Å². The molecule has 0 heterocycles. The van der Waals surface area contributed by atoms with Crippen molar-refractivity contribution in [3.05, 3.63) is 22.8 Å². The molecule has 0 amide bonds. The predicted octanol–water partition coefficient (Wildman–Crippen LogP) is -0.155. The van der Waals surface area contributed by atoms with Crippen molar-refractivity contribution in [1.82, 2.24) is 4.31 Å². The van der Waals surface area contributed by atoms with Crippen LogP contribution in [0.3, 0.4) is 0 Å². The van der Waals surface area contributed by atoms with Crippen LogP contribution in [-0.2, 0) is 10.3 Å². The van der Waals surface area contributed by atoms with Crippen LogP contribution in [0.5, 0.6) is 0 Å². The van der Waals surface area contributed by atoms with Gasteiger partial charge in [-0.15, -0.1) is 0 Å². The molecule has 60 valence electrons. The van der Waals surface area contributed by atoms with Crippen LogP contribution in [0.4, 0.5) is 0 Å². The normalized spacial score (nSPS) is 10.5. The summed E-state index contributed by atoms with van der Waals surface area (Å²) in [7, 11) is -4.38. The van der Waals surface area contributed by atoms with Gasteiger partial charge in [-0.25, -0.2) is 13.1 Å². The molecule has 0 aliphatic heterocycles. The zero-order valence-corrected chi connectivity index (χ0v) is 6.24. The molecule has 0 aliphatic rings. The summed E-state index contributed by atoms with van der Waals surface area (Å²) in [4.78, 5) is 5.43. The first-order chi connectivity index (χ1) is 5.02. The molecule has 7 heteroatoms. The summed E-state index contributed by atoms with van der Waals surface area (Å²) in [6, 6.07) is 0. The fourth-order valence-corrected chi connectivity index (χ4v) is 0.756. The summed E-state index contributed by atoms with van der Waals surface area (Å²) < 4.78 is 29.3. The zero-order chi connectivity index (χ0) is 8.91. The van der Waals surface area contributed by atoms with Crippen molar-refractivity contribution in [2.45, 2.75) is 0 Å². The first-order valence-corrected chi connectivity index (χ1v) is 3.81. The second kappa shape index (κ2) is 3.88. The molecular weight excluding hydrogens is 170 g/mol. The van der Waals surface area contributed by atoms with Gasteiger partial charge in [-0.3, -0.25) is 14.2 Å². The Morgan fingerprint density at radius 2 is 1.64 bits per heavy atom. The SMILES string of the molecule is [C-]#[N+]CN(C[N+]#[C-])S(=O)(=O)O. The van der Waals surface area contributed by atoms with Gasteiger partial charge in [0.15, 0.2) is 0 Å². The van der Waals surface area contributed by atoms with E-state index in [1.165, 1.54) is 0 Å². The molecule has 0 saturated carbocycles. The topological polar surface area (TPSA) is 66.3 Å². The van der Waals surface area contributed by atoms with Crippen LogP contribution >= 0.6 is 0 Å². The Morgan fingerprint density at radius 1 is 1.27 bits per heavy atom. The van der Waals surface area contributed by atoms with E-state index in [0.717, 1.165) is 0 Å². The van der Waals surface area contributed by atoms with Crippen molar-refractivity contribution in [2.24, 2.45) is 0 Å². The maximum atomic E-state index is 10.3. The maximum absolute atomic E-state index is 10.3. The molecule has 0 aromatic rings. The first kappa shape index (κ1) is 9.85. The minimum atomic E-state index is -4.38. The molecule has 0 aliphatic carbocycles. The monoisotopic (exact) mass is 175 g/mol. The van der Waals surface area contributed by atoms with E-state index in [1.54, 1.807) is 0 Å². The Hall–Kier alpha value is -1.15. The van der Waals surface area contributed by atoms with Gasteiger partial charge in [-0.1, -0.05) is 0 Å². The van der Waals surface area contributed by atoms with Gasteiger partial charge in [0.1, 0.15) is 0 Å². The summed E-state index contributed by atoms with van der Waals surface area (Å²) in [5.74, 6) is 0. The third-order valence-electron chi connectivity index (χ3n) is 0.783. The lowest BCUT2D eigenvalue weighted by Crippen LogP contribution is -2.29. The van der Waals surface area contributed by atoms with Crippen molar-refractivity contribution in [3.8, 4) is 0 Å². The minimum Gasteiger partial charge on any atom is -0.298 e. The number of hydrogen-bond acceptors (Lipinski definition) is 2. The number of nitrogens with zero attached hydrogens (tertiary/aromatic N) is 3. The Balaban J connectivity index is 4.41. The molecule has 0 aromatic heterocycles. The lowest BCUT2D eigenvalue weighted by atomic mass is 11.0. The van der Waals surface area contributed by atoms with Crippen LogP contribution in [0, 0.1) is 13.1 Å². The maximum Gasteiger partial charge on any atom is 0.347 e. The number of rotatable bonds is 3. The second-order valence-electron chi connectivity index (χ2n) is 1.53. The summed E-state index contributed by atoms with van der Waals surface area (Å²) in [5, 5.41) is 0. The van der Waals surface area contributed by atoms with Crippen LogP contribution in [0.1, 0.15) is 0 Å². The fourth-order valence-electron chi connectivity index (χ4n) is 0.348. The van der Waals surface area contributed by atoms with Gasteiger partial charge >= 0.3 is 10.3 Å². The van der Waals surface area contributed by atoms with Crippen molar-refractivity contribution in [2.75, 3.05) is 13.3 Å².